The summed E-state index contributed by atoms with van der Waals surface area (Å²) in [4.78, 5) is 53.1. The summed E-state index contributed by atoms with van der Waals surface area (Å²) < 4.78 is 15.3. The van der Waals surface area contributed by atoms with E-state index in [9.17, 15) is 19.2 Å². The summed E-state index contributed by atoms with van der Waals surface area (Å²) in [6, 6.07) is 6.65. The number of methoxy groups -OCH3 is 2. The largest absolute Gasteiger partial charge is 0.468 e. The molecule has 30 heavy (non-hydrogen) atoms. The molecule has 0 radical (unpaired) electrons. The van der Waals surface area contributed by atoms with Crippen LogP contribution in [-0.2, 0) is 38.8 Å². The number of allylic oxidation sites excluding steroid dienone is 1. The lowest BCUT2D eigenvalue weighted by molar-refractivity contribution is -0.140. The number of esters is 2. The average Bonchev–Trinajstić information content (AvgIpc) is 2.97. The predicted molar refractivity (Wildman–Crippen MR) is 103 cm³/mol. The molecule has 0 bridgehead atoms. The van der Waals surface area contributed by atoms with Gasteiger partial charge in [-0.2, -0.15) is 0 Å². The Balaban J connectivity index is 2.07. The highest BCUT2D eigenvalue weighted by atomic mass is 16.5. The molecule has 1 aromatic carbocycles. The second-order valence-corrected chi connectivity index (χ2v) is 7.14. The molecule has 0 saturated carbocycles. The van der Waals surface area contributed by atoms with Crippen molar-refractivity contribution < 1.29 is 33.4 Å². The van der Waals surface area contributed by atoms with Crippen LogP contribution in [0.15, 0.2) is 47.1 Å². The Bertz CT molecular complexity index is 1060. The molecule has 9 nitrogen and oxygen atoms in total. The highest BCUT2D eigenvalue weighted by Gasteiger charge is 2.63. The van der Waals surface area contributed by atoms with Gasteiger partial charge in [-0.15, -0.1) is 0 Å². The zero-order valence-corrected chi connectivity index (χ0v) is 16.5. The van der Waals surface area contributed by atoms with Crippen molar-refractivity contribution in [3.8, 4) is 0 Å². The van der Waals surface area contributed by atoms with Gasteiger partial charge in [-0.25, -0.2) is 4.79 Å². The SMILES string of the molecule is COC(=O)CN1C(=O)[C@@]2(C(C(=O)OC)=C(N)OC3=C2C(=O)CCC3)c2ccccc21. The van der Waals surface area contributed by atoms with Gasteiger partial charge in [0.2, 0.25) is 11.8 Å². The molecular weight excluding hydrogens is 392 g/mol. The molecule has 3 aliphatic rings. The number of hydrogen-bond acceptors (Lipinski definition) is 8. The second kappa shape index (κ2) is 7.01. The third kappa shape index (κ3) is 2.47. The first kappa shape index (κ1) is 19.7. The highest BCUT2D eigenvalue weighted by Crippen LogP contribution is 2.55. The maximum atomic E-state index is 13.9. The van der Waals surface area contributed by atoms with Gasteiger partial charge in [0.1, 0.15) is 23.3 Å². The molecule has 1 atom stereocenters. The molecule has 0 saturated heterocycles. The van der Waals surface area contributed by atoms with Crippen LogP contribution in [0.4, 0.5) is 5.69 Å². The molecule has 0 aromatic heterocycles. The van der Waals surface area contributed by atoms with Gasteiger partial charge in [0.25, 0.3) is 0 Å². The van der Waals surface area contributed by atoms with Crippen molar-refractivity contribution in [2.24, 2.45) is 5.73 Å². The third-order valence-electron chi connectivity index (χ3n) is 5.66. The molecule has 9 heteroatoms. The van der Waals surface area contributed by atoms with E-state index in [0.717, 1.165) is 7.11 Å². The lowest BCUT2D eigenvalue weighted by Gasteiger charge is -2.38. The highest BCUT2D eigenvalue weighted by molar-refractivity contribution is 6.24. The van der Waals surface area contributed by atoms with E-state index in [2.05, 4.69) is 0 Å². The molecule has 0 fully saturated rings. The summed E-state index contributed by atoms with van der Waals surface area (Å²) in [6.07, 6.45) is 1.13. The number of nitrogens with two attached hydrogens (primary N) is 1. The van der Waals surface area contributed by atoms with E-state index in [1.54, 1.807) is 24.3 Å². The number of carbonyl (C=O) groups is 4. The number of hydrogen-bond donors (Lipinski definition) is 1. The maximum Gasteiger partial charge on any atom is 0.340 e. The Morgan fingerprint density at radius 3 is 2.60 bits per heavy atom. The summed E-state index contributed by atoms with van der Waals surface area (Å²) in [5.41, 5.74) is 4.83. The average molecular weight is 412 g/mol. The number of nitrogens with zero attached hydrogens (tertiary/aromatic N) is 1. The molecule has 2 N–H and O–H groups in total. The minimum Gasteiger partial charge on any atom is -0.468 e. The van der Waals surface area contributed by atoms with Crippen LogP contribution < -0.4 is 10.6 Å². The van der Waals surface area contributed by atoms with E-state index in [-0.39, 0.29) is 41.5 Å². The van der Waals surface area contributed by atoms with Gasteiger partial charge in [-0.05, 0) is 12.5 Å². The molecule has 156 valence electrons. The van der Waals surface area contributed by atoms with Gasteiger partial charge in [-0.1, -0.05) is 18.2 Å². The molecule has 2 aliphatic heterocycles. The number of amides is 1. The van der Waals surface area contributed by atoms with Crippen LogP contribution in [0.25, 0.3) is 0 Å². The fourth-order valence-electron chi connectivity index (χ4n) is 4.47. The van der Waals surface area contributed by atoms with E-state index in [0.29, 0.717) is 24.1 Å². The molecule has 2 heterocycles. The number of carbonyl (C=O) groups excluding carboxylic acids is 4. The quantitative estimate of drug-likeness (QED) is 0.724. The predicted octanol–water partition coefficient (Wildman–Crippen LogP) is 0.825. The van der Waals surface area contributed by atoms with Crippen molar-refractivity contribution in [2.75, 3.05) is 25.7 Å². The van der Waals surface area contributed by atoms with E-state index >= 15 is 0 Å². The Hall–Kier alpha value is -3.62. The molecular formula is C21H20N2O7. The van der Waals surface area contributed by atoms with Crippen LogP contribution in [0.3, 0.4) is 0 Å². The van der Waals surface area contributed by atoms with Crippen molar-refractivity contribution in [2.45, 2.75) is 24.7 Å². The molecule has 1 aromatic rings. The number of para-hydroxylation sites is 1. The zero-order valence-electron chi connectivity index (χ0n) is 16.5. The Kier molecular flexibility index (Phi) is 4.60. The van der Waals surface area contributed by atoms with E-state index < -0.39 is 23.3 Å². The minimum atomic E-state index is -1.84. The minimum absolute atomic E-state index is 0.0770. The summed E-state index contributed by atoms with van der Waals surface area (Å²) in [5, 5.41) is 0. The fraction of sp³-hybridized carbons (Fsp3) is 0.333. The Morgan fingerprint density at radius 2 is 1.90 bits per heavy atom. The monoisotopic (exact) mass is 412 g/mol. The van der Waals surface area contributed by atoms with Gasteiger partial charge >= 0.3 is 11.9 Å². The number of benzene rings is 1. The van der Waals surface area contributed by atoms with Gasteiger partial charge in [0.15, 0.2) is 5.78 Å². The molecule has 1 amide bonds. The van der Waals surface area contributed by atoms with Crippen molar-refractivity contribution >= 4 is 29.3 Å². The van der Waals surface area contributed by atoms with Crippen molar-refractivity contribution in [1.29, 1.82) is 0 Å². The summed E-state index contributed by atoms with van der Waals surface area (Å²) in [5.74, 6) is -2.53. The first-order valence-corrected chi connectivity index (χ1v) is 9.39. The van der Waals surface area contributed by atoms with Crippen molar-refractivity contribution in [1.82, 2.24) is 0 Å². The molecule has 0 unspecified atom stereocenters. The normalized spacial score (nSPS) is 22.7. The zero-order chi connectivity index (χ0) is 21.6. The second-order valence-electron chi connectivity index (χ2n) is 7.14. The van der Waals surface area contributed by atoms with Crippen LogP contribution in [0, 0.1) is 0 Å². The van der Waals surface area contributed by atoms with Crippen LogP contribution in [-0.4, -0.2) is 44.4 Å². The smallest absolute Gasteiger partial charge is 0.340 e. The summed E-state index contributed by atoms with van der Waals surface area (Å²) in [6.45, 7) is -0.389. The molecule has 1 aliphatic carbocycles. The van der Waals surface area contributed by atoms with E-state index in [4.69, 9.17) is 19.9 Å². The third-order valence-corrected chi connectivity index (χ3v) is 5.66. The van der Waals surface area contributed by atoms with Crippen LogP contribution in [0.5, 0.6) is 0 Å². The Labute approximate surface area is 172 Å². The number of ketones is 1. The van der Waals surface area contributed by atoms with Gasteiger partial charge in [-0.3, -0.25) is 19.3 Å². The number of ether oxygens (including phenoxy) is 3. The first-order chi connectivity index (χ1) is 14.4. The lowest BCUT2D eigenvalue weighted by atomic mass is 9.64. The van der Waals surface area contributed by atoms with Crippen molar-refractivity contribution in [3.63, 3.8) is 0 Å². The lowest BCUT2D eigenvalue weighted by Crippen LogP contribution is -2.52. The fourth-order valence-corrected chi connectivity index (χ4v) is 4.47. The number of fused-ring (bicyclic) bond motifs is 3. The molecule has 1 spiro atoms. The van der Waals surface area contributed by atoms with Crippen molar-refractivity contribution in [3.05, 3.63) is 52.6 Å². The maximum absolute atomic E-state index is 13.9. The first-order valence-electron chi connectivity index (χ1n) is 9.39. The van der Waals surface area contributed by atoms with Crippen LogP contribution in [0.1, 0.15) is 24.8 Å². The van der Waals surface area contributed by atoms with Crippen LogP contribution >= 0.6 is 0 Å². The summed E-state index contributed by atoms with van der Waals surface area (Å²) >= 11 is 0. The van der Waals surface area contributed by atoms with Gasteiger partial charge in [0.05, 0.1) is 19.8 Å². The topological polar surface area (TPSA) is 125 Å². The number of Topliss-reactive ketones (excluding diaryl/α,β-unsaturated/α-hetero) is 1. The Morgan fingerprint density at radius 1 is 1.17 bits per heavy atom. The van der Waals surface area contributed by atoms with Gasteiger partial charge < -0.3 is 19.9 Å². The van der Waals surface area contributed by atoms with E-state index in [1.807, 2.05) is 0 Å². The molecule has 4 rings (SSSR count). The number of rotatable bonds is 3. The van der Waals surface area contributed by atoms with E-state index in [1.165, 1.54) is 12.0 Å². The number of anilines is 1. The standard InChI is InChI=1S/C21H20N2O7/c1-28-15(25)10-23-12-7-4-3-6-11(12)21(20(23)27)16-13(24)8-5-9-14(16)30-18(22)17(21)19(26)29-2/h3-4,6-7H,5,8-10,22H2,1-2H3/t21-/m0/s1. The van der Waals surface area contributed by atoms with Gasteiger partial charge in [0, 0.05) is 24.1 Å². The van der Waals surface area contributed by atoms with Crippen LogP contribution in [0.2, 0.25) is 0 Å². The summed E-state index contributed by atoms with van der Waals surface area (Å²) in [7, 11) is 2.36.